The summed E-state index contributed by atoms with van der Waals surface area (Å²) in [5, 5.41) is 10.6. The van der Waals surface area contributed by atoms with Gasteiger partial charge in [0.1, 0.15) is 11.9 Å². The van der Waals surface area contributed by atoms with Gasteiger partial charge in [0.15, 0.2) is 5.82 Å². The fraction of sp³-hybridized carbons (Fsp3) is 0.364. The van der Waals surface area contributed by atoms with Crippen LogP contribution in [0.2, 0.25) is 0 Å². The quantitative estimate of drug-likeness (QED) is 0.544. The third kappa shape index (κ3) is 5.03. The number of aromatic nitrogens is 4. The number of methoxy groups -OCH3 is 1. The number of nitrogens with zero attached hydrogens (tertiary/aromatic N) is 5. The maximum absolute atomic E-state index is 13.9. The summed E-state index contributed by atoms with van der Waals surface area (Å²) >= 11 is 0. The monoisotopic (exact) mass is 473 g/mol. The maximum atomic E-state index is 13.9. The van der Waals surface area contributed by atoms with E-state index in [1.807, 2.05) is 38.1 Å². The van der Waals surface area contributed by atoms with Crippen molar-refractivity contribution in [2.45, 2.75) is 39.4 Å². The highest BCUT2D eigenvalue weighted by Crippen LogP contribution is 2.35. The van der Waals surface area contributed by atoms with Gasteiger partial charge in [-0.05, 0) is 25.0 Å². The number of rotatable bonds is 7. The van der Waals surface area contributed by atoms with E-state index in [2.05, 4.69) is 25.7 Å². The Kier molecular flexibility index (Phi) is 7.42. The van der Waals surface area contributed by atoms with E-state index < -0.39 is 5.82 Å². The Morgan fingerprint density at radius 1 is 1.27 bits per heavy atom. The minimum absolute atomic E-state index is 0. The Labute approximate surface area is 198 Å². The smallest absolute Gasteiger partial charge is 0.250 e. The van der Waals surface area contributed by atoms with Crippen molar-refractivity contribution in [2.24, 2.45) is 0 Å². The number of fused-ring (bicyclic) bond motifs is 1. The second kappa shape index (κ2) is 10.1. The number of carbonyl (C=O) groups excluding carboxylic acids is 1. The fourth-order valence-electron chi connectivity index (χ4n) is 3.85. The number of nitrogens with one attached hydrogen (secondary N) is 2. The molecule has 0 fully saturated rings. The second-order valence-corrected chi connectivity index (χ2v) is 7.75. The van der Waals surface area contributed by atoms with E-state index in [1.54, 1.807) is 17.1 Å². The average molecular weight is 474 g/mol. The molecule has 1 atom stereocenters. The molecule has 0 radical (unpaired) electrons. The van der Waals surface area contributed by atoms with Crippen LogP contribution in [0.15, 0.2) is 30.7 Å². The van der Waals surface area contributed by atoms with Gasteiger partial charge in [-0.1, -0.05) is 6.92 Å². The average Bonchev–Trinajstić information content (AvgIpc) is 3.21. The van der Waals surface area contributed by atoms with E-state index in [0.29, 0.717) is 24.5 Å². The zero-order chi connectivity index (χ0) is 22.8. The molecule has 9 nitrogen and oxygen atoms in total. The normalized spacial score (nSPS) is 14.9. The number of ether oxygens (including phenoxy) is 1. The van der Waals surface area contributed by atoms with E-state index in [9.17, 15) is 9.18 Å². The number of amides is 1. The molecule has 0 saturated carbocycles. The molecule has 1 amide bonds. The number of halogens is 1. The van der Waals surface area contributed by atoms with Gasteiger partial charge < -0.3 is 20.3 Å². The second-order valence-electron chi connectivity index (χ2n) is 7.75. The fourth-order valence-corrected chi connectivity index (χ4v) is 3.85. The molecule has 4 rings (SSSR count). The van der Waals surface area contributed by atoms with Gasteiger partial charge in [0, 0.05) is 37.6 Å². The molecular weight excluding hydrogens is 445 g/mol. The van der Waals surface area contributed by atoms with E-state index in [1.165, 1.54) is 13.2 Å². The van der Waals surface area contributed by atoms with Crippen molar-refractivity contribution in [3.63, 3.8) is 0 Å². The summed E-state index contributed by atoms with van der Waals surface area (Å²) in [7, 11) is 3.31. The Bertz CT molecular complexity index is 1150. The van der Waals surface area contributed by atoms with Crippen molar-refractivity contribution in [2.75, 3.05) is 29.7 Å². The van der Waals surface area contributed by atoms with Crippen LogP contribution in [0, 0.1) is 12.7 Å². The SMILES string of the molecule is CC[C@H]1C(=O)Nc2c(cc(NCc3cnn(Cc4cnc(OC)c(F)c4)c3)nc2C)N1C.S. The van der Waals surface area contributed by atoms with Gasteiger partial charge in [-0.25, -0.2) is 14.4 Å². The largest absolute Gasteiger partial charge is 0.479 e. The van der Waals surface area contributed by atoms with Crippen molar-refractivity contribution in [3.05, 3.63) is 53.4 Å². The molecule has 1 aliphatic rings. The molecule has 33 heavy (non-hydrogen) atoms. The van der Waals surface area contributed by atoms with Crippen LogP contribution in [-0.2, 0) is 17.9 Å². The zero-order valence-corrected chi connectivity index (χ0v) is 20.0. The number of hydrogen-bond donors (Lipinski definition) is 2. The lowest BCUT2D eigenvalue weighted by Crippen LogP contribution is -2.45. The molecule has 0 spiro atoms. The Morgan fingerprint density at radius 2 is 2.06 bits per heavy atom. The molecule has 0 bridgehead atoms. The molecular formula is C22H28FN7O2S. The van der Waals surface area contributed by atoms with Crippen LogP contribution >= 0.6 is 13.5 Å². The zero-order valence-electron chi connectivity index (χ0n) is 19.0. The number of pyridine rings is 2. The number of anilines is 3. The van der Waals surface area contributed by atoms with Crippen LogP contribution in [0.5, 0.6) is 5.88 Å². The first-order chi connectivity index (χ1) is 15.4. The van der Waals surface area contributed by atoms with Gasteiger partial charge in [-0.3, -0.25) is 9.48 Å². The van der Waals surface area contributed by atoms with E-state index >= 15 is 0 Å². The third-order valence-corrected chi connectivity index (χ3v) is 5.53. The van der Waals surface area contributed by atoms with Gasteiger partial charge in [0.25, 0.3) is 0 Å². The molecule has 4 heterocycles. The lowest BCUT2D eigenvalue weighted by molar-refractivity contribution is -0.117. The summed E-state index contributed by atoms with van der Waals surface area (Å²) < 4.78 is 20.4. The molecule has 1 aliphatic heterocycles. The van der Waals surface area contributed by atoms with Crippen molar-refractivity contribution in [1.82, 2.24) is 19.7 Å². The lowest BCUT2D eigenvalue weighted by Gasteiger charge is -2.35. The Balaban J connectivity index is 0.00000306. The van der Waals surface area contributed by atoms with Crippen LogP contribution in [0.4, 0.5) is 21.6 Å². The summed E-state index contributed by atoms with van der Waals surface area (Å²) in [5.74, 6) is 0.183. The lowest BCUT2D eigenvalue weighted by atomic mass is 10.1. The number of aryl methyl sites for hydroxylation is 1. The predicted octanol–water partition coefficient (Wildman–Crippen LogP) is 3.07. The van der Waals surface area contributed by atoms with Crippen LogP contribution < -0.4 is 20.3 Å². The van der Waals surface area contributed by atoms with E-state index in [0.717, 1.165) is 29.1 Å². The summed E-state index contributed by atoms with van der Waals surface area (Å²) in [5.41, 5.74) is 4.09. The first-order valence-electron chi connectivity index (χ1n) is 10.4. The van der Waals surface area contributed by atoms with E-state index in [4.69, 9.17) is 4.74 Å². The highest BCUT2D eigenvalue weighted by atomic mass is 32.1. The van der Waals surface area contributed by atoms with Crippen molar-refractivity contribution < 1.29 is 13.9 Å². The van der Waals surface area contributed by atoms with E-state index in [-0.39, 0.29) is 31.3 Å². The molecule has 11 heteroatoms. The topological polar surface area (TPSA) is 97.2 Å². The van der Waals surface area contributed by atoms with Crippen molar-refractivity contribution in [1.29, 1.82) is 0 Å². The van der Waals surface area contributed by atoms with Gasteiger partial charge in [-0.15, -0.1) is 0 Å². The molecule has 0 unspecified atom stereocenters. The first-order valence-corrected chi connectivity index (χ1v) is 10.4. The first kappa shape index (κ1) is 24.3. The molecule has 2 N–H and O–H groups in total. The molecule has 3 aromatic heterocycles. The van der Waals surface area contributed by atoms with Gasteiger partial charge in [0.05, 0.1) is 36.9 Å². The standard InChI is InChI=1S/C22H26FN7O2.H2S/c1-5-17-21(31)28-20-13(2)27-19(7-18(20)29(17)3)24-9-15-10-26-30(12-15)11-14-6-16(23)22(32-4)25-8-14;/h6-8,10,12,17H,5,9,11H2,1-4H3,(H,24,27)(H,28,31);1H2/t17-;/m0./s1. The van der Waals surface area contributed by atoms with Gasteiger partial charge in [-0.2, -0.15) is 18.6 Å². The number of hydrogen-bond acceptors (Lipinski definition) is 7. The predicted molar refractivity (Wildman–Crippen MR) is 130 cm³/mol. The highest BCUT2D eigenvalue weighted by molar-refractivity contribution is 7.59. The minimum Gasteiger partial charge on any atom is -0.479 e. The summed E-state index contributed by atoms with van der Waals surface area (Å²) in [6.07, 6.45) is 5.93. The highest BCUT2D eigenvalue weighted by Gasteiger charge is 2.30. The Morgan fingerprint density at radius 3 is 2.76 bits per heavy atom. The number of carbonyl (C=O) groups is 1. The Hall–Kier alpha value is -3.34. The minimum atomic E-state index is -0.501. The van der Waals surface area contributed by atoms with Crippen LogP contribution in [0.3, 0.4) is 0 Å². The van der Waals surface area contributed by atoms with Gasteiger partial charge >= 0.3 is 0 Å². The van der Waals surface area contributed by atoms with Gasteiger partial charge in [0.2, 0.25) is 11.8 Å². The number of likely N-dealkylation sites (N-methyl/N-ethyl adjacent to an activating group) is 1. The third-order valence-electron chi connectivity index (χ3n) is 5.53. The van der Waals surface area contributed by atoms with Crippen LogP contribution in [-0.4, -0.2) is 45.9 Å². The summed E-state index contributed by atoms with van der Waals surface area (Å²) in [6.45, 7) is 4.79. The summed E-state index contributed by atoms with van der Waals surface area (Å²) in [4.78, 5) is 22.8. The molecule has 0 saturated heterocycles. The molecule has 176 valence electrons. The molecule has 0 aromatic carbocycles. The van der Waals surface area contributed by atoms with Crippen LogP contribution in [0.1, 0.15) is 30.2 Å². The maximum Gasteiger partial charge on any atom is 0.250 e. The molecule has 0 aliphatic carbocycles. The molecule has 3 aromatic rings. The van der Waals surface area contributed by atoms with Crippen molar-refractivity contribution in [3.8, 4) is 5.88 Å². The van der Waals surface area contributed by atoms with Crippen molar-refractivity contribution >= 4 is 36.6 Å². The van der Waals surface area contributed by atoms with Crippen LogP contribution in [0.25, 0.3) is 0 Å². The summed E-state index contributed by atoms with van der Waals surface area (Å²) in [6, 6.07) is 3.14.